The average Bonchev–Trinajstić information content (AvgIpc) is 2.82. The van der Waals surface area contributed by atoms with Gasteiger partial charge in [-0.2, -0.15) is 0 Å². The maximum atomic E-state index is 12.9. The number of amides is 3. The van der Waals surface area contributed by atoms with Crippen LogP contribution in [0.4, 0.5) is 17.1 Å². The molecule has 0 aliphatic carbocycles. The van der Waals surface area contributed by atoms with Crippen LogP contribution in [0.1, 0.15) is 17.3 Å². The van der Waals surface area contributed by atoms with Gasteiger partial charge in [-0.05, 0) is 42.5 Å². The molecule has 0 aliphatic heterocycles. The first kappa shape index (κ1) is 24.7. The molecule has 0 spiro atoms. The summed E-state index contributed by atoms with van der Waals surface area (Å²) in [6.07, 6.45) is 0. The van der Waals surface area contributed by atoms with E-state index in [1.807, 2.05) is 6.07 Å². The Morgan fingerprint density at radius 2 is 1.44 bits per heavy atom. The lowest BCUT2D eigenvalue weighted by atomic mass is 10.2. The molecule has 0 saturated carbocycles. The lowest BCUT2D eigenvalue weighted by molar-refractivity contribution is -0.114. The molecule has 3 aromatic carbocycles. The summed E-state index contributed by atoms with van der Waals surface area (Å²) in [5.74, 6) is 0.446. The van der Waals surface area contributed by atoms with Gasteiger partial charge in [-0.3, -0.25) is 14.4 Å². The fourth-order valence-electron chi connectivity index (χ4n) is 3.11. The molecule has 0 fully saturated rings. The van der Waals surface area contributed by atoms with E-state index >= 15 is 0 Å². The Morgan fingerprint density at radius 1 is 0.765 bits per heavy atom. The highest BCUT2D eigenvalue weighted by Gasteiger charge is 2.14. The van der Waals surface area contributed by atoms with Crippen LogP contribution < -0.4 is 25.4 Å². The van der Waals surface area contributed by atoms with Crippen molar-refractivity contribution in [2.24, 2.45) is 0 Å². The minimum Gasteiger partial charge on any atom is -0.493 e. The summed E-state index contributed by atoms with van der Waals surface area (Å²) >= 11 is 1.26. The zero-order valence-electron chi connectivity index (χ0n) is 19.0. The summed E-state index contributed by atoms with van der Waals surface area (Å²) in [4.78, 5) is 37.3. The molecule has 34 heavy (non-hydrogen) atoms. The Kier molecular flexibility index (Phi) is 8.53. The molecule has 0 bridgehead atoms. The predicted octanol–water partition coefficient (Wildman–Crippen LogP) is 4.65. The van der Waals surface area contributed by atoms with E-state index in [4.69, 9.17) is 9.47 Å². The van der Waals surface area contributed by atoms with E-state index in [1.54, 1.807) is 67.8 Å². The number of carbonyl (C=O) groups excluding carboxylic acids is 3. The maximum Gasteiger partial charge on any atom is 0.256 e. The van der Waals surface area contributed by atoms with Crippen LogP contribution in [0.25, 0.3) is 0 Å². The van der Waals surface area contributed by atoms with E-state index in [2.05, 4.69) is 16.0 Å². The van der Waals surface area contributed by atoms with Gasteiger partial charge in [0.1, 0.15) is 0 Å². The molecular weight excluding hydrogens is 454 g/mol. The Hall–Kier alpha value is -3.98. The van der Waals surface area contributed by atoms with E-state index in [0.717, 1.165) is 0 Å². The number of benzene rings is 3. The van der Waals surface area contributed by atoms with Gasteiger partial charge in [-0.15, -0.1) is 11.8 Å². The summed E-state index contributed by atoms with van der Waals surface area (Å²) in [5.41, 5.74) is 2.15. The lowest BCUT2D eigenvalue weighted by Gasteiger charge is -2.12. The summed E-state index contributed by atoms with van der Waals surface area (Å²) in [6, 6.07) is 19.0. The molecule has 0 radical (unpaired) electrons. The van der Waals surface area contributed by atoms with Gasteiger partial charge < -0.3 is 25.4 Å². The fraction of sp³-hybridized carbons (Fsp3) is 0.160. The number of methoxy groups -OCH3 is 2. The molecule has 9 heteroatoms. The zero-order chi connectivity index (χ0) is 24.5. The van der Waals surface area contributed by atoms with Crippen molar-refractivity contribution in [3.8, 4) is 11.5 Å². The minimum atomic E-state index is -0.316. The third-order valence-corrected chi connectivity index (χ3v) is 5.67. The van der Waals surface area contributed by atoms with Crippen LogP contribution in [-0.4, -0.2) is 37.7 Å². The molecule has 3 aromatic rings. The summed E-state index contributed by atoms with van der Waals surface area (Å²) in [7, 11) is 3.07. The standard InChI is InChI=1S/C25H25N3O5S/c1-16(29)26-17-7-6-8-18(13-17)28-25(31)20-9-4-5-10-23(20)34-15-24(30)27-19-11-12-21(32-2)22(14-19)33-3/h4-14H,15H2,1-3H3,(H,26,29)(H,27,30)(H,28,31). The van der Waals surface area contributed by atoms with Gasteiger partial charge in [0.2, 0.25) is 11.8 Å². The fourth-order valence-corrected chi connectivity index (χ4v) is 3.96. The molecule has 0 heterocycles. The lowest BCUT2D eigenvalue weighted by Crippen LogP contribution is -2.16. The second-order valence-electron chi connectivity index (χ2n) is 7.12. The number of nitrogens with one attached hydrogen (secondary N) is 3. The second-order valence-corrected chi connectivity index (χ2v) is 8.14. The first-order valence-corrected chi connectivity index (χ1v) is 11.3. The first-order chi connectivity index (χ1) is 16.4. The van der Waals surface area contributed by atoms with Crippen LogP contribution in [0, 0.1) is 0 Å². The number of thioether (sulfide) groups is 1. The monoisotopic (exact) mass is 479 g/mol. The number of carbonyl (C=O) groups is 3. The van der Waals surface area contributed by atoms with Crippen molar-refractivity contribution < 1.29 is 23.9 Å². The normalized spacial score (nSPS) is 10.2. The average molecular weight is 480 g/mol. The van der Waals surface area contributed by atoms with Crippen molar-refractivity contribution >= 4 is 46.5 Å². The summed E-state index contributed by atoms with van der Waals surface area (Å²) in [6.45, 7) is 1.42. The summed E-state index contributed by atoms with van der Waals surface area (Å²) in [5, 5.41) is 8.33. The number of rotatable bonds is 9. The third kappa shape index (κ3) is 6.76. The highest BCUT2D eigenvalue weighted by atomic mass is 32.2. The molecule has 3 rings (SSSR count). The van der Waals surface area contributed by atoms with Gasteiger partial charge in [0.15, 0.2) is 11.5 Å². The SMILES string of the molecule is COc1ccc(NC(=O)CSc2ccccc2C(=O)Nc2cccc(NC(C)=O)c2)cc1OC. The van der Waals surface area contributed by atoms with Gasteiger partial charge in [0, 0.05) is 34.9 Å². The number of anilines is 3. The van der Waals surface area contributed by atoms with Gasteiger partial charge in [0.25, 0.3) is 5.91 Å². The van der Waals surface area contributed by atoms with Crippen LogP contribution in [-0.2, 0) is 9.59 Å². The van der Waals surface area contributed by atoms with E-state index in [9.17, 15) is 14.4 Å². The molecule has 0 aliphatic rings. The summed E-state index contributed by atoms with van der Waals surface area (Å²) < 4.78 is 10.5. The van der Waals surface area contributed by atoms with Crippen LogP contribution in [0.2, 0.25) is 0 Å². The van der Waals surface area contributed by atoms with Crippen LogP contribution >= 0.6 is 11.8 Å². The molecule has 0 saturated heterocycles. The maximum absolute atomic E-state index is 12.9. The van der Waals surface area contributed by atoms with E-state index < -0.39 is 0 Å². The topological polar surface area (TPSA) is 106 Å². The smallest absolute Gasteiger partial charge is 0.256 e. The largest absolute Gasteiger partial charge is 0.493 e. The van der Waals surface area contributed by atoms with Crippen LogP contribution in [0.5, 0.6) is 11.5 Å². The van der Waals surface area contributed by atoms with Crippen molar-refractivity contribution in [3.63, 3.8) is 0 Å². The predicted molar refractivity (Wildman–Crippen MR) is 134 cm³/mol. The first-order valence-electron chi connectivity index (χ1n) is 10.3. The van der Waals surface area contributed by atoms with Gasteiger partial charge in [-0.1, -0.05) is 18.2 Å². The van der Waals surface area contributed by atoms with E-state index in [1.165, 1.54) is 25.8 Å². The van der Waals surface area contributed by atoms with Crippen molar-refractivity contribution in [1.29, 1.82) is 0 Å². The van der Waals surface area contributed by atoms with Crippen molar-refractivity contribution in [2.45, 2.75) is 11.8 Å². The molecule has 3 N–H and O–H groups in total. The van der Waals surface area contributed by atoms with Gasteiger partial charge in [0.05, 0.1) is 25.5 Å². The molecular formula is C25H25N3O5S. The Labute approximate surface area is 202 Å². The molecule has 0 unspecified atom stereocenters. The van der Waals surface area contributed by atoms with Crippen molar-refractivity contribution in [1.82, 2.24) is 0 Å². The molecule has 8 nitrogen and oxygen atoms in total. The Bertz CT molecular complexity index is 1200. The molecule has 0 aromatic heterocycles. The van der Waals surface area contributed by atoms with Crippen LogP contribution in [0.3, 0.4) is 0 Å². The number of hydrogen-bond acceptors (Lipinski definition) is 6. The van der Waals surface area contributed by atoms with Crippen molar-refractivity contribution in [2.75, 3.05) is 35.9 Å². The number of ether oxygens (including phenoxy) is 2. The number of hydrogen-bond donors (Lipinski definition) is 3. The molecule has 0 atom stereocenters. The zero-order valence-corrected chi connectivity index (χ0v) is 19.8. The van der Waals surface area contributed by atoms with E-state index in [-0.39, 0.29) is 23.5 Å². The Balaban J connectivity index is 1.64. The van der Waals surface area contributed by atoms with Crippen molar-refractivity contribution in [3.05, 3.63) is 72.3 Å². The third-order valence-electron chi connectivity index (χ3n) is 4.60. The van der Waals surface area contributed by atoms with Crippen LogP contribution in [0.15, 0.2) is 71.6 Å². The van der Waals surface area contributed by atoms with Gasteiger partial charge in [-0.25, -0.2) is 0 Å². The Morgan fingerprint density at radius 3 is 2.15 bits per heavy atom. The van der Waals surface area contributed by atoms with Gasteiger partial charge >= 0.3 is 0 Å². The second kappa shape index (κ2) is 11.8. The highest BCUT2D eigenvalue weighted by molar-refractivity contribution is 8.00. The minimum absolute atomic E-state index is 0.108. The quantitative estimate of drug-likeness (QED) is 0.386. The molecule has 176 valence electrons. The van der Waals surface area contributed by atoms with E-state index in [0.29, 0.717) is 39.0 Å². The molecule has 3 amide bonds. The highest BCUT2D eigenvalue weighted by Crippen LogP contribution is 2.30.